The summed E-state index contributed by atoms with van der Waals surface area (Å²) in [6.45, 7) is 2.91. The van der Waals surface area contributed by atoms with Gasteiger partial charge in [-0.3, -0.25) is 9.88 Å². The Bertz CT molecular complexity index is 721. The number of rotatable bonds is 4. The third-order valence-electron chi connectivity index (χ3n) is 4.14. The molecule has 5 heteroatoms. The summed E-state index contributed by atoms with van der Waals surface area (Å²) in [5.41, 5.74) is 2.26. The van der Waals surface area contributed by atoms with E-state index in [0.717, 1.165) is 31.7 Å². The molecule has 5 nitrogen and oxygen atoms in total. The van der Waals surface area contributed by atoms with Crippen LogP contribution in [-0.4, -0.2) is 28.1 Å². The fourth-order valence-electron chi connectivity index (χ4n) is 3.02. The summed E-state index contributed by atoms with van der Waals surface area (Å²) in [4.78, 5) is 6.62. The summed E-state index contributed by atoms with van der Waals surface area (Å²) < 4.78 is 10.7. The highest BCUT2D eigenvalue weighted by molar-refractivity contribution is 5.49. The molecule has 0 aromatic carbocycles. The van der Waals surface area contributed by atoms with Crippen molar-refractivity contribution < 1.29 is 8.94 Å². The number of nitrogens with zero attached hydrogens (tertiary/aromatic N) is 3. The molecule has 1 fully saturated rings. The molecule has 3 aromatic rings. The van der Waals surface area contributed by atoms with Crippen LogP contribution < -0.4 is 0 Å². The lowest BCUT2D eigenvalue weighted by molar-refractivity contribution is 0.310. The van der Waals surface area contributed by atoms with E-state index in [4.69, 9.17) is 8.94 Å². The largest absolute Gasteiger partial charge is 0.461 e. The Balaban J connectivity index is 1.41. The second-order valence-corrected chi connectivity index (χ2v) is 5.67. The fraction of sp³-hybridized carbons (Fsp3) is 0.294. The van der Waals surface area contributed by atoms with Crippen LogP contribution in [0.1, 0.15) is 23.6 Å². The van der Waals surface area contributed by atoms with E-state index in [1.54, 1.807) is 6.26 Å². The number of pyridine rings is 1. The smallest absolute Gasteiger partial charge is 0.202 e. The van der Waals surface area contributed by atoms with Gasteiger partial charge in [0, 0.05) is 31.5 Å². The van der Waals surface area contributed by atoms with Gasteiger partial charge in [0.05, 0.1) is 12.0 Å². The lowest BCUT2D eigenvalue weighted by Gasteiger charge is -2.14. The highest BCUT2D eigenvalue weighted by Gasteiger charge is 2.24. The molecule has 0 bridgehead atoms. The molecule has 1 atom stereocenters. The van der Waals surface area contributed by atoms with E-state index < -0.39 is 0 Å². The minimum absolute atomic E-state index is 0.560. The van der Waals surface area contributed by atoms with Crippen LogP contribution in [0.15, 0.2) is 57.9 Å². The van der Waals surface area contributed by atoms with E-state index in [0.29, 0.717) is 17.4 Å². The Morgan fingerprint density at radius 3 is 3.05 bits per heavy atom. The number of likely N-dealkylation sites (tertiary alicyclic amines) is 1. The summed E-state index contributed by atoms with van der Waals surface area (Å²) in [6.07, 6.45) is 6.59. The first-order valence-corrected chi connectivity index (χ1v) is 7.50. The van der Waals surface area contributed by atoms with Crippen LogP contribution in [0.4, 0.5) is 0 Å². The minimum atomic E-state index is 0.560. The summed E-state index contributed by atoms with van der Waals surface area (Å²) in [5.74, 6) is 1.96. The molecule has 1 saturated heterocycles. The normalized spacial score (nSPS) is 18.8. The molecular weight excluding hydrogens is 278 g/mol. The maximum Gasteiger partial charge on any atom is 0.202 e. The highest BCUT2D eigenvalue weighted by Crippen LogP contribution is 2.28. The monoisotopic (exact) mass is 295 g/mol. The molecular formula is C17H17N3O2. The van der Waals surface area contributed by atoms with Crippen molar-refractivity contribution in [3.8, 4) is 11.5 Å². The predicted molar refractivity (Wildman–Crippen MR) is 81.1 cm³/mol. The molecule has 0 amide bonds. The van der Waals surface area contributed by atoms with E-state index in [1.807, 2.05) is 36.7 Å². The van der Waals surface area contributed by atoms with Gasteiger partial charge in [-0.25, -0.2) is 0 Å². The standard InChI is InChI=1S/C17H17N3O2/c1-3-13(10-18-6-1)14-5-7-20(11-14)12-15-9-17(22-19-15)16-4-2-8-21-16/h1-4,6,8-10,14H,5,7,11-12H2. The van der Waals surface area contributed by atoms with E-state index in [2.05, 4.69) is 21.1 Å². The van der Waals surface area contributed by atoms with Crippen LogP contribution in [0, 0.1) is 0 Å². The van der Waals surface area contributed by atoms with Crippen LogP contribution in [0.2, 0.25) is 0 Å². The third-order valence-corrected chi connectivity index (χ3v) is 4.14. The average Bonchev–Trinajstić information content (AvgIpc) is 3.30. The fourth-order valence-corrected chi connectivity index (χ4v) is 3.02. The van der Waals surface area contributed by atoms with Crippen LogP contribution in [0.25, 0.3) is 11.5 Å². The Labute approximate surface area is 128 Å². The maximum absolute atomic E-state index is 5.35. The Kier molecular flexibility index (Phi) is 3.48. The number of aromatic nitrogens is 2. The van der Waals surface area contributed by atoms with Crippen LogP contribution in [0.5, 0.6) is 0 Å². The van der Waals surface area contributed by atoms with Gasteiger partial charge < -0.3 is 8.94 Å². The molecule has 1 unspecified atom stereocenters. The molecule has 0 radical (unpaired) electrons. The van der Waals surface area contributed by atoms with E-state index in [1.165, 1.54) is 5.56 Å². The van der Waals surface area contributed by atoms with Crippen molar-refractivity contribution in [3.63, 3.8) is 0 Å². The molecule has 0 N–H and O–H groups in total. The quantitative estimate of drug-likeness (QED) is 0.739. The molecule has 22 heavy (non-hydrogen) atoms. The summed E-state index contributed by atoms with van der Waals surface area (Å²) in [7, 11) is 0. The van der Waals surface area contributed by atoms with Crippen LogP contribution in [0.3, 0.4) is 0 Å². The average molecular weight is 295 g/mol. The van der Waals surface area contributed by atoms with Crippen LogP contribution in [-0.2, 0) is 6.54 Å². The summed E-state index contributed by atoms with van der Waals surface area (Å²) in [5, 5.41) is 4.14. The van der Waals surface area contributed by atoms with E-state index >= 15 is 0 Å². The van der Waals surface area contributed by atoms with Crippen molar-refractivity contribution >= 4 is 0 Å². The number of hydrogen-bond donors (Lipinski definition) is 0. The van der Waals surface area contributed by atoms with Gasteiger partial charge in [0.15, 0.2) is 5.76 Å². The first kappa shape index (κ1) is 13.3. The number of hydrogen-bond acceptors (Lipinski definition) is 5. The van der Waals surface area contributed by atoms with Gasteiger partial charge >= 0.3 is 0 Å². The van der Waals surface area contributed by atoms with E-state index in [9.17, 15) is 0 Å². The van der Waals surface area contributed by atoms with Crippen molar-refractivity contribution in [3.05, 3.63) is 60.2 Å². The lowest BCUT2D eigenvalue weighted by Crippen LogP contribution is -2.19. The Morgan fingerprint density at radius 2 is 2.23 bits per heavy atom. The Hall–Kier alpha value is -2.40. The molecule has 112 valence electrons. The minimum Gasteiger partial charge on any atom is -0.461 e. The van der Waals surface area contributed by atoms with Gasteiger partial charge in [0.2, 0.25) is 5.76 Å². The van der Waals surface area contributed by atoms with Crippen molar-refractivity contribution in [2.45, 2.75) is 18.9 Å². The first-order chi connectivity index (χ1) is 10.9. The molecule has 4 rings (SSSR count). The topological polar surface area (TPSA) is 55.3 Å². The van der Waals surface area contributed by atoms with Gasteiger partial charge in [-0.05, 0) is 42.6 Å². The molecule has 3 aromatic heterocycles. The molecule has 0 saturated carbocycles. The SMILES string of the molecule is c1cncc(C2CCN(Cc3cc(-c4ccco4)on3)C2)c1. The van der Waals surface area contributed by atoms with Crippen molar-refractivity contribution in [1.82, 2.24) is 15.0 Å². The van der Waals surface area contributed by atoms with Gasteiger partial charge in [-0.1, -0.05) is 11.2 Å². The highest BCUT2D eigenvalue weighted by atomic mass is 16.5. The van der Waals surface area contributed by atoms with Crippen molar-refractivity contribution in [1.29, 1.82) is 0 Å². The zero-order valence-electron chi connectivity index (χ0n) is 12.2. The van der Waals surface area contributed by atoms with Gasteiger partial charge in [0.25, 0.3) is 0 Å². The predicted octanol–water partition coefficient (Wildman–Crippen LogP) is 3.32. The number of furan rings is 1. The molecule has 4 heterocycles. The zero-order valence-corrected chi connectivity index (χ0v) is 12.2. The van der Waals surface area contributed by atoms with Gasteiger partial charge in [0.1, 0.15) is 0 Å². The zero-order chi connectivity index (χ0) is 14.8. The lowest BCUT2D eigenvalue weighted by atomic mass is 10.0. The summed E-state index contributed by atoms with van der Waals surface area (Å²) >= 11 is 0. The van der Waals surface area contributed by atoms with Gasteiger partial charge in [-0.2, -0.15) is 0 Å². The second-order valence-electron chi connectivity index (χ2n) is 5.67. The van der Waals surface area contributed by atoms with Crippen molar-refractivity contribution in [2.75, 3.05) is 13.1 Å². The molecule has 0 aliphatic carbocycles. The van der Waals surface area contributed by atoms with Crippen LogP contribution >= 0.6 is 0 Å². The Morgan fingerprint density at radius 1 is 1.23 bits per heavy atom. The third kappa shape index (κ3) is 2.67. The molecule has 1 aliphatic rings. The second kappa shape index (κ2) is 5.77. The maximum atomic E-state index is 5.35. The van der Waals surface area contributed by atoms with Crippen molar-refractivity contribution in [2.24, 2.45) is 0 Å². The molecule has 1 aliphatic heterocycles. The molecule has 0 spiro atoms. The summed E-state index contributed by atoms with van der Waals surface area (Å²) in [6, 6.07) is 9.84. The first-order valence-electron chi connectivity index (χ1n) is 7.50. The van der Waals surface area contributed by atoms with E-state index in [-0.39, 0.29) is 0 Å². The van der Waals surface area contributed by atoms with Gasteiger partial charge in [-0.15, -0.1) is 0 Å².